The molecule has 33 nitrogen and oxygen atoms in total. The maximum atomic E-state index is 15.0. The average Bonchev–Trinajstić information content (AvgIpc) is 1.81. The first-order chi connectivity index (χ1) is 51.6. The van der Waals surface area contributed by atoms with Crippen LogP contribution < -0.4 is 70.0 Å². The molecule has 0 aliphatic carbocycles. The number of benzene rings is 4. The molecule has 1 aliphatic heterocycles. The Morgan fingerprint density at radius 3 is 1.55 bits per heavy atom. The molecule has 0 saturated carbocycles. The molecule has 1 aromatic heterocycles. The van der Waals surface area contributed by atoms with Gasteiger partial charge in [0.1, 0.15) is 66.2 Å². The standard InChI is InChI=1S/C74H100ClN15O14.H2O4S/c1-43(2)35-57(66(96)84-56(19-10-11-32-79-44(3)4)73(103)90-34-14-20-63(90)72(102)81-45(5)64(76)94)85-65(95)55(18-9-12-33-80-74(77)104)83-68(98)59(38-48-24-29-54(93)30-25-48)88-71(101)62(42-91)89-70(100)61(40-50-15-13-31-78-41-50)87-69(99)60(37-47-22-27-53(75)28-23-47)86-67(97)58(82-46(6)92)39-49-21-26-51-16-7-8-17-52(51)36-49;1-5(2,3)4/h7-8,13,15-17,21-31,36,41,43-45,55-63,79,91,93H,9-12,14,18-20,32-35,37-40,42H2,1-6H3,(H2,76,94)(H,81,102)(H,82,92)(H,83,98)(H,84,96)(H,85,95)(H,86,97)(H,87,99)(H,88,101)(H,89,100)(H3,77,80,104);(H2,1,2,3,4)/t45-,55-,56+,57-,58-,59+,60-,61-,62+,63+;/m1./s1. The number of aromatic hydroxyl groups is 1. The lowest BCUT2D eigenvalue weighted by Crippen LogP contribution is -2.61. The first-order valence-electron chi connectivity index (χ1n) is 35.8. The summed E-state index contributed by atoms with van der Waals surface area (Å²) in [5.41, 5.74) is 12.8. The Bertz CT molecular complexity index is 4010. The van der Waals surface area contributed by atoms with Crippen LogP contribution in [0.25, 0.3) is 10.8 Å². The number of nitrogens with two attached hydrogens (primary N) is 2. The smallest absolute Gasteiger partial charge is 0.394 e. The van der Waals surface area contributed by atoms with Crippen molar-refractivity contribution in [3.8, 4) is 5.75 Å². The van der Waals surface area contributed by atoms with Gasteiger partial charge in [-0.1, -0.05) is 112 Å². The Morgan fingerprint density at radius 2 is 1.02 bits per heavy atom. The van der Waals surface area contributed by atoms with Crippen LogP contribution in [0.2, 0.25) is 5.02 Å². The number of aliphatic hydroxyl groups excluding tert-OH is 1. The van der Waals surface area contributed by atoms with E-state index in [1.165, 1.54) is 55.4 Å². The Hall–Kier alpha value is -10.4. The van der Waals surface area contributed by atoms with Crippen LogP contribution in [0.4, 0.5) is 4.79 Å². The van der Waals surface area contributed by atoms with E-state index in [-0.39, 0.29) is 95.0 Å². The monoisotopic (exact) mass is 1560 g/mol. The van der Waals surface area contributed by atoms with E-state index in [2.05, 4.69) is 63.5 Å². The normalized spacial score (nSPS) is 15.1. The highest BCUT2D eigenvalue weighted by Crippen LogP contribution is 2.23. The van der Waals surface area contributed by atoms with Crippen LogP contribution in [0.5, 0.6) is 5.75 Å². The lowest BCUT2D eigenvalue weighted by Gasteiger charge is -2.31. The van der Waals surface area contributed by atoms with Crippen LogP contribution in [-0.4, -0.2) is 201 Å². The molecule has 6 rings (SSSR count). The number of nitrogens with zero attached hydrogens (tertiary/aromatic N) is 2. The Labute approximate surface area is 638 Å². The van der Waals surface area contributed by atoms with Gasteiger partial charge in [0.05, 0.1) is 6.61 Å². The van der Waals surface area contributed by atoms with E-state index in [0.717, 1.165) is 10.8 Å². The molecule has 0 spiro atoms. The molecule has 1 aliphatic rings. The lowest BCUT2D eigenvalue weighted by molar-refractivity contribution is -0.142. The third kappa shape index (κ3) is 32.5. The molecule has 4 aromatic carbocycles. The minimum atomic E-state index is -4.67. The maximum Gasteiger partial charge on any atom is 0.394 e. The number of halogens is 1. The predicted molar refractivity (Wildman–Crippen MR) is 404 cm³/mol. The fourth-order valence-electron chi connectivity index (χ4n) is 11.9. The van der Waals surface area contributed by atoms with Crippen molar-refractivity contribution in [1.29, 1.82) is 0 Å². The number of aromatic nitrogens is 1. The van der Waals surface area contributed by atoms with Gasteiger partial charge in [0, 0.05) is 69.2 Å². The van der Waals surface area contributed by atoms with E-state index in [1.807, 2.05) is 56.3 Å². The molecule has 594 valence electrons. The lowest BCUT2D eigenvalue weighted by atomic mass is 9.99. The van der Waals surface area contributed by atoms with Crippen molar-refractivity contribution in [3.05, 3.63) is 143 Å². The van der Waals surface area contributed by atoms with Gasteiger partial charge in [0.25, 0.3) is 0 Å². The predicted octanol–water partition coefficient (Wildman–Crippen LogP) is 1.14. The maximum absolute atomic E-state index is 15.0. The quantitative estimate of drug-likeness (QED) is 0.0193. The summed E-state index contributed by atoms with van der Waals surface area (Å²) in [6, 6.07) is 14.4. The number of phenolic OH excluding ortho intramolecular Hbond substituents is 1. The number of urea groups is 1. The number of nitrogens with one attached hydrogen (secondary N) is 11. The van der Waals surface area contributed by atoms with Crippen molar-refractivity contribution in [2.45, 2.75) is 191 Å². The average molecular weight is 1560 g/mol. The summed E-state index contributed by atoms with van der Waals surface area (Å²) in [6.45, 7) is 10.1. The Kier molecular flexibility index (Phi) is 36.7. The molecule has 0 bridgehead atoms. The molecule has 109 heavy (non-hydrogen) atoms. The molecule has 35 heteroatoms. The number of pyridine rings is 1. The second kappa shape index (κ2) is 44.8. The highest BCUT2D eigenvalue weighted by Gasteiger charge is 2.40. The van der Waals surface area contributed by atoms with E-state index in [1.54, 1.807) is 50.2 Å². The van der Waals surface area contributed by atoms with Gasteiger partial charge in [-0.15, -0.1) is 0 Å². The molecule has 5 aromatic rings. The Balaban J connectivity index is 0.00000411. The number of carbonyl (C=O) groups excluding carboxylic acids is 12. The highest BCUT2D eigenvalue weighted by atomic mass is 35.5. The van der Waals surface area contributed by atoms with Gasteiger partial charge < -0.3 is 85.1 Å². The number of carbonyl (C=O) groups is 12. The fourth-order valence-corrected chi connectivity index (χ4v) is 12.1. The van der Waals surface area contributed by atoms with E-state index in [9.17, 15) is 67.7 Å². The van der Waals surface area contributed by atoms with Gasteiger partial charge in [0.2, 0.25) is 65.0 Å². The van der Waals surface area contributed by atoms with Crippen molar-refractivity contribution in [2.24, 2.45) is 17.4 Å². The van der Waals surface area contributed by atoms with Gasteiger partial charge in [-0.2, -0.15) is 8.42 Å². The van der Waals surface area contributed by atoms with Crippen molar-refractivity contribution in [2.75, 3.05) is 26.2 Å². The second-order valence-electron chi connectivity index (χ2n) is 27.3. The van der Waals surface area contributed by atoms with Gasteiger partial charge in [-0.25, -0.2) is 4.79 Å². The highest BCUT2D eigenvalue weighted by molar-refractivity contribution is 7.79. The number of phenols is 1. The first kappa shape index (κ1) is 89.2. The number of amides is 13. The minimum absolute atomic E-state index is 0.0327. The van der Waals surface area contributed by atoms with E-state index in [4.69, 9.17) is 40.6 Å². The zero-order valence-electron chi connectivity index (χ0n) is 61.8. The Morgan fingerprint density at radius 1 is 0.550 bits per heavy atom. The summed E-state index contributed by atoms with van der Waals surface area (Å²) in [6.07, 6.45) is 4.59. The summed E-state index contributed by atoms with van der Waals surface area (Å²) < 4.78 is 31.6. The number of primary amides is 2. The van der Waals surface area contributed by atoms with Crippen LogP contribution >= 0.6 is 11.6 Å². The van der Waals surface area contributed by atoms with Crippen molar-refractivity contribution in [3.63, 3.8) is 0 Å². The van der Waals surface area contributed by atoms with Crippen molar-refractivity contribution in [1.82, 2.24) is 68.4 Å². The third-order valence-electron chi connectivity index (χ3n) is 17.5. The molecular weight excluding hydrogens is 1450 g/mol. The number of hydrogen-bond donors (Lipinski definition) is 17. The molecule has 1 saturated heterocycles. The number of rotatable bonds is 41. The number of hydrogen-bond acceptors (Lipinski definition) is 18. The SMILES string of the molecule is CC(=O)N[C@H](Cc1ccc2ccccc2c1)C(=O)N[C@H](Cc1ccc(Cl)cc1)C(=O)N[C@H](Cc1cccnc1)C(=O)N[C@@H](CO)C(=O)N[C@@H](Cc1ccc(O)cc1)C(=O)N[C@H](CCCCNC(N)=O)C(=O)N[C@H](CC(C)C)C(=O)N[C@@H](CCCCNC(C)C)C(=O)N1CCC[C@H]1C(=O)N[C@H](C)C(N)=O.O=S(=O)(O)O. The first-order valence-corrected chi connectivity index (χ1v) is 37.6. The van der Waals surface area contributed by atoms with E-state index >= 15 is 0 Å². The number of unbranched alkanes of at least 4 members (excludes halogenated alkanes) is 2. The summed E-state index contributed by atoms with van der Waals surface area (Å²) in [5, 5.41) is 53.5. The molecule has 0 radical (unpaired) electrons. The van der Waals surface area contributed by atoms with E-state index < -0.39 is 148 Å². The van der Waals surface area contributed by atoms with Crippen LogP contribution in [0.1, 0.15) is 122 Å². The van der Waals surface area contributed by atoms with E-state index in [0.29, 0.717) is 53.1 Å². The number of aliphatic hydroxyl groups is 1. The van der Waals surface area contributed by atoms with Crippen molar-refractivity contribution >= 4 is 104 Å². The minimum Gasteiger partial charge on any atom is -0.508 e. The summed E-state index contributed by atoms with van der Waals surface area (Å²) >= 11 is 6.24. The molecule has 2 heterocycles. The fraction of sp³-hybridized carbons (Fsp3) is 0.473. The molecule has 0 unspecified atom stereocenters. The molecule has 1 fully saturated rings. The molecule has 13 amide bonds. The van der Waals surface area contributed by atoms with Gasteiger partial charge >= 0.3 is 16.4 Å². The van der Waals surface area contributed by atoms with Crippen LogP contribution in [-0.2, 0) is 88.8 Å². The summed E-state index contributed by atoms with van der Waals surface area (Å²) in [5.74, 6) is -9.07. The van der Waals surface area contributed by atoms with Gasteiger partial charge in [-0.3, -0.25) is 66.8 Å². The molecule has 10 atom stereocenters. The second-order valence-corrected chi connectivity index (χ2v) is 28.6. The largest absolute Gasteiger partial charge is 0.508 e. The topological polar surface area (TPSA) is 520 Å². The summed E-state index contributed by atoms with van der Waals surface area (Å²) in [7, 11) is -4.67. The number of likely N-dealkylation sites (tertiary alicyclic amines) is 1. The number of fused-ring (bicyclic) bond motifs is 1. The molecular formula is C74H102ClN15O18S. The summed E-state index contributed by atoms with van der Waals surface area (Å²) in [4.78, 5) is 173. The van der Waals surface area contributed by atoms with Gasteiger partial charge in [-0.05, 0) is 141 Å². The van der Waals surface area contributed by atoms with Crippen LogP contribution in [0, 0.1) is 5.92 Å². The third-order valence-corrected chi connectivity index (χ3v) is 17.7. The van der Waals surface area contributed by atoms with Crippen LogP contribution in [0.3, 0.4) is 0 Å². The van der Waals surface area contributed by atoms with Gasteiger partial charge in [0.15, 0.2) is 0 Å². The molecule has 19 N–H and O–H groups in total. The van der Waals surface area contributed by atoms with Crippen LogP contribution in [0.15, 0.2) is 116 Å². The zero-order chi connectivity index (χ0) is 80.5. The van der Waals surface area contributed by atoms with Crippen molar-refractivity contribution < 1.29 is 85.3 Å². The zero-order valence-corrected chi connectivity index (χ0v) is 63.3.